The molecule has 170 valence electrons. The highest BCUT2D eigenvalue weighted by Gasteiger charge is 2.34. The lowest BCUT2D eigenvalue weighted by Crippen LogP contribution is -2.50. The monoisotopic (exact) mass is 457 g/mol. The number of aliphatic hydroxyl groups excluding tert-OH is 1. The minimum Gasteiger partial charge on any atom is -0.394 e. The van der Waals surface area contributed by atoms with Crippen molar-refractivity contribution in [1.29, 1.82) is 0 Å². The lowest BCUT2D eigenvalue weighted by atomic mass is 9.98. The van der Waals surface area contributed by atoms with Crippen LogP contribution in [0.1, 0.15) is 24.8 Å². The zero-order chi connectivity index (χ0) is 22.6. The van der Waals surface area contributed by atoms with Crippen LogP contribution < -0.4 is 4.72 Å². The fourth-order valence-electron chi connectivity index (χ4n) is 3.84. The first-order chi connectivity index (χ1) is 15.4. The van der Waals surface area contributed by atoms with E-state index in [1.165, 1.54) is 0 Å². The molecule has 0 unspecified atom stereocenters. The van der Waals surface area contributed by atoms with E-state index in [2.05, 4.69) is 20.0 Å². The SMILES string of the molecule is Cc1cccc(S(=O)(=O)N[C@H]2CC[C@H](CCn3cc(-c4ccccn4)nn3)O[C@@H]2CO)c1. The average Bonchev–Trinajstić information content (AvgIpc) is 3.28. The lowest BCUT2D eigenvalue weighted by Gasteiger charge is -2.36. The number of sulfonamides is 1. The zero-order valence-electron chi connectivity index (χ0n) is 17.8. The highest BCUT2D eigenvalue weighted by atomic mass is 32.2. The third-order valence-corrected chi connectivity index (χ3v) is 7.04. The average molecular weight is 458 g/mol. The Balaban J connectivity index is 1.33. The van der Waals surface area contributed by atoms with Crippen LogP contribution in [0.3, 0.4) is 0 Å². The van der Waals surface area contributed by atoms with Gasteiger partial charge in [0.25, 0.3) is 0 Å². The van der Waals surface area contributed by atoms with Crippen molar-refractivity contribution in [1.82, 2.24) is 24.7 Å². The van der Waals surface area contributed by atoms with E-state index in [1.807, 2.05) is 37.4 Å². The second-order valence-electron chi connectivity index (χ2n) is 7.97. The van der Waals surface area contributed by atoms with Crippen molar-refractivity contribution in [2.75, 3.05) is 6.61 Å². The van der Waals surface area contributed by atoms with E-state index in [0.29, 0.717) is 31.5 Å². The summed E-state index contributed by atoms with van der Waals surface area (Å²) in [5.41, 5.74) is 2.33. The summed E-state index contributed by atoms with van der Waals surface area (Å²) in [4.78, 5) is 4.49. The van der Waals surface area contributed by atoms with Gasteiger partial charge in [0, 0.05) is 12.7 Å². The molecule has 0 saturated carbocycles. The fourth-order valence-corrected chi connectivity index (χ4v) is 5.25. The van der Waals surface area contributed by atoms with Gasteiger partial charge in [-0.3, -0.25) is 9.67 Å². The molecule has 0 radical (unpaired) electrons. The number of nitrogens with zero attached hydrogens (tertiary/aromatic N) is 4. The van der Waals surface area contributed by atoms with Crippen molar-refractivity contribution in [2.24, 2.45) is 0 Å². The van der Waals surface area contributed by atoms with Gasteiger partial charge in [-0.1, -0.05) is 23.4 Å². The van der Waals surface area contributed by atoms with Crippen molar-refractivity contribution in [3.8, 4) is 11.4 Å². The van der Waals surface area contributed by atoms with Gasteiger partial charge in [-0.15, -0.1) is 5.10 Å². The summed E-state index contributed by atoms with van der Waals surface area (Å²) in [5, 5.41) is 18.1. The van der Waals surface area contributed by atoms with E-state index < -0.39 is 22.2 Å². The Morgan fingerprint density at radius 2 is 2.06 bits per heavy atom. The van der Waals surface area contributed by atoms with Crippen LogP contribution in [0, 0.1) is 6.92 Å². The molecule has 2 aromatic heterocycles. The largest absolute Gasteiger partial charge is 0.394 e. The van der Waals surface area contributed by atoms with Crippen molar-refractivity contribution >= 4 is 10.0 Å². The topological polar surface area (TPSA) is 119 Å². The summed E-state index contributed by atoms with van der Waals surface area (Å²) in [6.45, 7) is 2.19. The predicted molar refractivity (Wildman–Crippen MR) is 118 cm³/mol. The number of hydrogen-bond donors (Lipinski definition) is 2. The van der Waals surface area contributed by atoms with E-state index in [4.69, 9.17) is 4.74 Å². The molecule has 10 heteroatoms. The number of ether oxygens (including phenoxy) is 1. The summed E-state index contributed by atoms with van der Waals surface area (Å²) in [6.07, 6.45) is 4.79. The molecule has 0 spiro atoms. The van der Waals surface area contributed by atoms with Gasteiger partial charge >= 0.3 is 0 Å². The third kappa shape index (κ3) is 5.39. The first-order valence-electron chi connectivity index (χ1n) is 10.6. The smallest absolute Gasteiger partial charge is 0.240 e. The third-order valence-electron chi connectivity index (χ3n) is 5.55. The molecule has 0 aliphatic carbocycles. The summed E-state index contributed by atoms with van der Waals surface area (Å²) >= 11 is 0. The summed E-state index contributed by atoms with van der Waals surface area (Å²) in [6, 6.07) is 11.9. The van der Waals surface area contributed by atoms with Gasteiger partial charge in [-0.25, -0.2) is 13.1 Å². The standard InChI is InChI=1S/C22H27N5O4S/c1-16-5-4-6-18(13-16)32(29,30)25-20-9-8-17(31-22(20)15-28)10-12-27-14-21(24-26-27)19-7-2-3-11-23-19/h2-7,11,13-14,17,20,22,25,28H,8-10,12,15H2,1H3/t17-,20+,22-/m1/s1. The maximum Gasteiger partial charge on any atom is 0.240 e. The van der Waals surface area contributed by atoms with E-state index >= 15 is 0 Å². The number of hydrogen-bond acceptors (Lipinski definition) is 7. The summed E-state index contributed by atoms with van der Waals surface area (Å²) < 4.78 is 36.0. The number of nitrogens with one attached hydrogen (secondary N) is 1. The fraction of sp³-hybridized carbons (Fsp3) is 0.409. The van der Waals surface area contributed by atoms with Crippen LogP contribution in [0.5, 0.6) is 0 Å². The molecule has 3 atom stereocenters. The Hall–Kier alpha value is -2.66. The second-order valence-corrected chi connectivity index (χ2v) is 9.69. The van der Waals surface area contributed by atoms with E-state index in [0.717, 1.165) is 11.3 Å². The van der Waals surface area contributed by atoms with E-state index in [1.54, 1.807) is 29.1 Å². The zero-order valence-corrected chi connectivity index (χ0v) is 18.6. The summed E-state index contributed by atoms with van der Waals surface area (Å²) in [5.74, 6) is 0. The lowest BCUT2D eigenvalue weighted by molar-refractivity contribution is -0.0891. The number of rotatable bonds is 8. The van der Waals surface area contributed by atoms with Crippen molar-refractivity contribution in [3.05, 3.63) is 60.4 Å². The first kappa shape index (κ1) is 22.5. The Kier molecular flexibility index (Phi) is 6.95. The maximum absolute atomic E-state index is 12.8. The molecule has 9 nitrogen and oxygen atoms in total. The van der Waals surface area contributed by atoms with Crippen LogP contribution in [0.15, 0.2) is 59.8 Å². The van der Waals surface area contributed by atoms with Crippen LogP contribution in [0.4, 0.5) is 0 Å². The molecule has 0 amide bonds. The second kappa shape index (κ2) is 9.86. The van der Waals surface area contributed by atoms with Gasteiger partial charge in [0.1, 0.15) is 5.69 Å². The van der Waals surface area contributed by atoms with E-state index in [9.17, 15) is 13.5 Å². The van der Waals surface area contributed by atoms with Gasteiger partial charge in [0.2, 0.25) is 10.0 Å². The molecule has 3 aromatic rings. The van der Waals surface area contributed by atoms with Crippen molar-refractivity contribution < 1.29 is 18.3 Å². The molecule has 1 saturated heterocycles. The van der Waals surface area contributed by atoms with Crippen LogP contribution in [0.25, 0.3) is 11.4 Å². The van der Waals surface area contributed by atoms with Crippen LogP contribution in [-0.4, -0.2) is 58.4 Å². The van der Waals surface area contributed by atoms with Gasteiger partial charge in [-0.05, 0) is 56.0 Å². The van der Waals surface area contributed by atoms with Gasteiger partial charge in [0.05, 0.1) is 41.6 Å². The number of aryl methyl sites for hydroxylation is 2. The number of aromatic nitrogens is 4. The molecule has 1 aliphatic rings. The minimum absolute atomic E-state index is 0.102. The highest BCUT2D eigenvalue weighted by Crippen LogP contribution is 2.24. The number of aliphatic hydroxyl groups is 1. The molecule has 1 fully saturated rings. The Morgan fingerprint density at radius 3 is 2.81 bits per heavy atom. The molecule has 0 bridgehead atoms. The van der Waals surface area contributed by atoms with Gasteiger partial charge < -0.3 is 9.84 Å². The van der Waals surface area contributed by atoms with Crippen LogP contribution >= 0.6 is 0 Å². The Morgan fingerprint density at radius 1 is 1.19 bits per heavy atom. The molecule has 32 heavy (non-hydrogen) atoms. The number of benzene rings is 1. The van der Waals surface area contributed by atoms with Gasteiger partial charge in [-0.2, -0.15) is 0 Å². The maximum atomic E-state index is 12.8. The Labute approximate surface area is 187 Å². The van der Waals surface area contributed by atoms with E-state index in [-0.39, 0.29) is 17.6 Å². The first-order valence-corrected chi connectivity index (χ1v) is 12.1. The molecular formula is C22H27N5O4S. The number of pyridine rings is 1. The van der Waals surface area contributed by atoms with Crippen LogP contribution in [-0.2, 0) is 21.3 Å². The molecule has 3 heterocycles. The van der Waals surface area contributed by atoms with Crippen molar-refractivity contribution in [2.45, 2.75) is 55.9 Å². The predicted octanol–water partition coefficient (Wildman–Crippen LogP) is 1.93. The Bertz CT molecular complexity index is 1140. The highest BCUT2D eigenvalue weighted by molar-refractivity contribution is 7.89. The van der Waals surface area contributed by atoms with Gasteiger partial charge in [0.15, 0.2) is 0 Å². The van der Waals surface area contributed by atoms with Crippen molar-refractivity contribution in [3.63, 3.8) is 0 Å². The minimum atomic E-state index is -3.69. The normalized spacial score (nSPS) is 21.5. The van der Waals surface area contributed by atoms with Crippen LogP contribution in [0.2, 0.25) is 0 Å². The molecule has 1 aromatic carbocycles. The molecular weight excluding hydrogens is 430 g/mol. The summed E-state index contributed by atoms with van der Waals surface area (Å²) in [7, 11) is -3.69. The molecule has 4 rings (SSSR count). The molecule has 1 aliphatic heterocycles. The molecule has 2 N–H and O–H groups in total. The quantitative estimate of drug-likeness (QED) is 0.530.